The van der Waals surface area contributed by atoms with Crippen LogP contribution in [0.4, 0.5) is 14.5 Å². The molecule has 9 aliphatic heterocycles. The summed E-state index contributed by atoms with van der Waals surface area (Å²) in [5, 5.41) is 28.3. The van der Waals surface area contributed by atoms with Gasteiger partial charge in [-0.3, -0.25) is 28.8 Å². The minimum absolute atomic E-state index is 0.00451. The van der Waals surface area contributed by atoms with Crippen molar-refractivity contribution in [3.63, 3.8) is 0 Å². The Morgan fingerprint density at radius 1 is 0.474 bits per heavy atom. The quantitative estimate of drug-likeness (QED) is 0.0563. The van der Waals surface area contributed by atoms with Gasteiger partial charge in [0.05, 0.1) is 136 Å². The zero-order valence-corrected chi connectivity index (χ0v) is 77.8. The number of hydrogen-bond donors (Lipinski definition) is 4. The van der Waals surface area contributed by atoms with Gasteiger partial charge in [-0.15, -0.1) is 11.3 Å². The first-order valence-electron chi connectivity index (χ1n) is 46.6. The van der Waals surface area contributed by atoms with E-state index in [9.17, 15) is 37.5 Å². The molecule has 19 rings (SSSR count). The maximum absolute atomic E-state index is 14.2. The third-order valence-electron chi connectivity index (χ3n) is 26.8. The molecular weight excluding hydrogens is 1720 g/mol. The predicted octanol–water partition coefficient (Wildman–Crippen LogP) is 13.3. The molecule has 9 aliphatic rings. The van der Waals surface area contributed by atoms with Gasteiger partial charge in [0.2, 0.25) is 5.91 Å². The third kappa shape index (κ3) is 23.5. The lowest BCUT2D eigenvalue weighted by Gasteiger charge is -2.35. The van der Waals surface area contributed by atoms with E-state index in [-0.39, 0.29) is 83.8 Å². The number of amides is 6. The van der Waals surface area contributed by atoms with E-state index in [0.29, 0.717) is 79.9 Å². The SMILES string of the molecule is Cc1ccc(C2=NN(C(=O)C[NH+]3CCC4(CC3)OCCO4)C(c3ccc(F)cc3)C2)cc1.Cc1ccc(C2=NN(C(=O)C[NH+]3CCN(c4ccccc4F)CC3)C(c3ccccc3C)C2)c(C)c1.Cc1cccc(C2=NN(C(=O)C[NH+]3CCC(C(N)=O)CC3)C(c3ccc(Cl)cc3)C2)c1.O=C(COc1ccc(C2=NN(C(=O)c3cccs3)C(c3ccccc3)C2)cc1)N1CCCCC1. The summed E-state index contributed by atoms with van der Waals surface area (Å²) in [5.41, 5.74) is 23.8. The topological polar surface area (TPSA) is 238 Å². The van der Waals surface area contributed by atoms with Crippen molar-refractivity contribution in [2.24, 2.45) is 32.1 Å². The van der Waals surface area contributed by atoms with E-state index in [2.05, 4.69) is 87.2 Å². The summed E-state index contributed by atoms with van der Waals surface area (Å²) in [7, 11) is 0. The number of rotatable bonds is 20. The van der Waals surface area contributed by atoms with E-state index in [1.165, 1.54) is 72.9 Å². The Labute approximate surface area is 786 Å². The molecule has 5 N–H and O–H groups in total. The molecule has 4 atom stereocenters. The number of benzene rings is 9. The Bertz CT molecular complexity index is 5870. The molecule has 10 aromatic rings. The first kappa shape index (κ1) is 93.9. The molecule has 0 radical (unpaired) electrons. The Hall–Kier alpha value is -12.3. The fourth-order valence-electron chi connectivity index (χ4n) is 19.2. The van der Waals surface area contributed by atoms with Crippen LogP contribution >= 0.6 is 22.9 Å². The minimum Gasteiger partial charge on any atom is -0.484 e. The standard InChI is InChI=1S/C30H33FN4O.C27H27N3O3S.C25H28FN3O3.C24H27ClN4O2/c1-21-12-13-24(23(3)18-21)27-19-29(25-9-5-4-8-22(25)2)35(32-27)30(36)20-33-14-16-34(17-15-33)28-11-7-6-10-26(28)31;31-26(29-15-5-2-6-16-29)19-33-22-13-11-20(12-14-22)23-18-24(21-8-3-1-4-9-21)30(28-23)27(32)25-10-7-17-34-25;1-18-2-4-19(5-3-18)22-16-23(20-6-8-21(26)9-7-20)29(27-22)24(30)17-28-12-10-25(11-13-28)31-14-15-32-25;1-16-3-2-4-19(13-16)21-14-22(17-5-7-20(25)8-6-17)29(27-21)23(30)15-28-11-9-18(10-12-28)24(26)31/h4-13,18,29H,14-17,19-20H2,1-3H3;1,3-4,7-14,17,24H,2,5-6,15-16,18-19H2;2-9,23H,10-17H2,1H3;2-8,13,18,22H,9-12,14-15H2,1H3,(H2,26,31)/p+3. The molecule has 0 aliphatic carbocycles. The second-order valence-corrected chi connectivity index (χ2v) is 37.5. The number of thiophene rings is 1. The average Bonchev–Trinajstić information content (AvgIpc) is 1.73. The Balaban J connectivity index is 0.000000129. The number of anilines is 1. The molecule has 0 saturated carbocycles. The van der Waals surface area contributed by atoms with Crippen molar-refractivity contribution in [2.45, 2.75) is 135 Å². The van der Waals surface area contributed by atoms with Crippen molar-refractivity contribution in [2.75, 3.05) is 110 Å². The second kappa shape index (κ2) is 43.6. The van der Waals surface area contributed by atoms with Crippen molar-refractivity contribution in [1.29, 1.82) is 0 Å². The molecule has 23 nitrogen and oxygen atoms in total. The van der Waals surface area contributed by atoms with Gasteiger partial charge in [-0.25, -0.2) is 28.8 Å². The molecule has 1 spiro atoms. The van der Waals surface area contributed by atoms with Gasteiger partial charge in [0.25, 0.3) is 29.5 Å². The van der Waals surface area contributed by atoms with Gasteiger partial charge >= 0.3 is 0 Å². The number of nitrogens with zero attached hydrogens (tertiary/aromatic N) is 10. The normalized spacial score (nSPS) is 20.6. The molecule has 9 aromatic carbocycles. The molecule has 5 fully saturated rings. The second-order valence-electron chi connectivity index (χ2n) is 36.1. The summed E-state index contributed by atoms with van der Waals surface area (Å²) in [5.74, 6) is -0.596. The van der Waals surface area contributed by atoms with Crippen LogP contribution < -0.4 is 30.1 Å². The molecule has 1 aromatic heterocycles. The van der Waals surface area contributed by atoms with Gasteiger partial charge in [-0.05, 0) is 176 Å². The Kier molecular flexibility index (Phi) is 30.8. The molecule has 5 saturated heterocycles. The lowest BCUT2D eigenvalue weighted by atomic mass is 9.93. The molecule has 133 heavy (non-hydrogen) atoms. The van der Waals surface area contributed by atoms with Gasteiger partial charge in [-0.2, -0.15) is 20.4 Å². The largest absolute Gasteiger partial charge is 0.484 e. The number of primary amides is 1. The van der Waals surface area contributed by atoms with Crippen molar-refractivity contribution in [1.82, 2.24) is 24.9 Å². The first-order chi connectivity index (χ1) is 64.5. The summed E-state index contributed by atoms with van der Waals surface area (Å²) in [6.45, 7) is 20.7. The first-order valence-corrected chi connectivity index (χ1v) is 47.8. The highest BCUT2D eigenvalue weighted by Crippen LogP contribution is 2.40. The van der Waals surface area contributed by atoms with Gasteiger partial charge < -0.3 is 44.4 Å². The van der Waals surface area contributed by atoms with Gasteiger partial charge in [0.1, 0.15) is 17.4 Å². The number of hydrogen-bond acceptors (Lipinski definition) is 15. The van der Waals surface area contributed by atoms with Crippen molar-refractivity contribution < 1.29 is 66.5 Å². The number of nitrogens with one attached hydrogen (secondary N) is 3. The molecule has 4 unspecified atom stereocenters. The molecule has 10 heterocycles. The highest BCUT2D eigenvalue weighted by atomic mass is 35.5. The van der Waals surface area contributed by atoms with Gasteiger partial charge in [0, 0.05) is 68.1 Å². The van der Waals surface area contributed by atoms with Crippen LogP contribution in [-0.4, -0.2) is 194 Å². The smallest absolute Gasteiger partial charge is 0.298 e. The lowest BCUT2D eigenvalue weighted by Crippen LogP contribution is -3.15. The number of carbonyl (C=O) groups is 6. The summed E-state index contributed by atoms with van der Waals surface area (Å²) in [6.07, 6.45) is 9.01. The number of piperidine rings is 3. The van der Waals surface area contributed by atoms with Crippen molar-refractivity contribution >= 4 is 86.9 Å². The fraction of sp³-hybridized carbons (Fsp3) is 0.358. The maximum Gasteiger partial charge on any atom is 0.298 e. The van der Waals surface area contributed by atoms with Gasteiger partial charge in [0.15, 0.2) is 32.0 Å². The summed E-state index contributed by atoms with van der Waals surface area (Å²) < 4.78 is 45.1. The number of ether oxygens (including phenoxy) is 3. The summed E-state index contributed by atoms with van der Waals surface area (Å²) in [6, 6.07) is 72.7. The van der Waals surface area contributed by atoms with Crippen LogP contribution in [0.2, 0.25) is 5.02 Å². The monoisotopic (exact) mass is 1840 g/mol. The number of piperazine rings is 1. The predicted molar refractivity (Wildman–Crippen MR) is 514 cm³/mol. The number of likely N-dealkylation sites (tertiary alicyclic amines) is 3. The van der Waals surface area contributed by atoms with Crippen LogP contribution in [0.1, 0.15) is 177 Å². The molecule has 27 heteroatoms. The maximum atomic E-state index is 14.2. The minimum atomic E-state index is -0.437. The number of halogens is 3. The van der Waals surface area contributed by atoms with Crippen molar-refractivity contribution in [3.8, 4) is 5.75 Å². The van der Waals surface area contributed by atoms with E-state index in [4.69, 9.17) is 52.0 Å². The van der Waals surface area contributed by atoms with E-state index < -0.39 is 5.79 Å². The highest BCUT2D eigenvalue weighted by Gasteiger charge is 2.45. The van der Waals surface area contributed by atoms with E-state index in [0.717, 1.165) is 177 Å². The fourth-order valence-corrected chi connectivity index (χ4v) is 20.0. The number of nitrogens with two attached hydrogens (primary N) is 1. The third-order valence-corrected chi connectivity index (χ3v) is 27.9. The van der Waals surface area contributed by atoms with Crippen LogP contribution in [0.25, 0.3) is 0 Å². The van der Waals surface area contributed by atoms with Crippen LogP contribution in [0.15, 0.2) is 256 Å². The number of para-hydroxylation sites is 1. The zero-order chi connectivity index (χ0) is 92.7. The van der Waals surface area contributed by atoms with Crippen LogP contribution in [0, 0.1) is 52.2 Å². The van der Waals surface area contributed by atoms with Gasteiger partial charge in [-0.1, -0.05) is 192 Å². The average molecular weight is 1840 g/mol. The van der Waals surface area contributed by atoms with Crippen LogP contribution in [0.3, 0.4) is 0 Å². The number of carbonyl (C=O) groups excluding carboxylic acids is 6. The Morgan fingerprint density at radius 3 is 1.59 bits per heavy atom. The van der Waals surface area contributed by atoms with Crippen LogP contribution in [-0.2, 0) is 33.4 Å². The van der Waals surface area contributed by atoms with E-state index in [1.54, 1.807) is 38.2 Å². The zero-order valence-electron chi connectivity index (χ0n) is 76.3. The van der Waals surface area contributed by atoms with Crippen molar-refractivity contribution in [3.05, 3.63) is 330 Å². The summed E-state index contributed by atoms with van der Waals surface area (Å²) in [4.78, 5) is 85.5. The molecule has 690 valence electrons. The molecule has 6 amide bonds. The molecule has 0 bridgehead atoms. The number of aryl methyl sites for hydroxylation is 5. The summed E-state index contributed by atoms with van der Waals surface area (Å²) >= 11 is 7.50. The molecular formula is C106H118ClF2N14O9S+3. The number of hydrazone groups is 4. The van der Waals surface area contributed by atoms with E-state index >= 15 is 0 Å². The lowest BCUT2D eigenvalue weighted by molar-refractivity contribution is -0.901. The Morgan fingerprint density at radius 2 is 0.992 bits per heavy atom. The highest BCUT2D eigenvalue weighted by molar-refractivity contribution is 7.12. The van der Waals surface area contributed by atoms with Crippen LogP contribution in [0.5, 0.6) is 5.75 Å². The van der Waals surface area contributed by atoms with E-state index in [1.807, 2.05) is 157 Å². The number of quaternary nitrogens is 3.